The minimum absolute atomic E-state index is 0.154. The molecule has 0 saturated carbocycles. The molecule has 0 radical (unpaired) electrons. The summed E-state index contributed by atoms with van der Waals surface area (Å²) in [6.07, 6.45) is 0. The number of aromatic nitrogens is 2. The Morgan fingerprint density at radius 2 is 2.38 bits per heavy atom. The number of nitrogens with one attached hydrogen (secondary N) is 2. The van der Waals surface area contributed by atoms with Gasteiger partial charge in [0.05, 0.1) is 5.75 Å². The maximum atomic E-state index is 11.4. The molecular weight excluding hydrogens is 248 g/mol. The van der Waals surface area contributed by atoms with Gasteiger partial charge >= 0.3 is 0 Å². The van der Waals surface area contributed by atoms with E-state index in [2.05, 4.69) is 15.4 Å². The number of hydrogen-bond acceptors (Lipinski definition) is 6. The summed E-state index contributed by atoms with van der Waals surface area (Å²) in [6.45, 7) is 1.69. The zero-order valence-electron chi connectivity index (χ0n) is 8.31. The third kappa shape index (κ3) is 2.22. The largest absolute Gasteiger partial charge is 0.291 e. The standard InChI is InChI=1S/C8H8N4O2S2/c1-4-2-5(13)10-7(9-4)11-12-6(14)3-16-8(12)15/h2H,3H2,1H3,(H2,9,10,11,13). The van der Waals surface area contributed by atoms with E-state index in [1.165, 1.54) is 22.8 Å². The van der Waals surface area contributed by atoms with Gasteiger partial charge in [0.1, 0.15) is 0 Å². The fraction of sp³-hybridized carbons (Fsp3) is 0.250. The summed E-state index contributed by atoms with van der Waals surface area (Å²) in [4.78, 5) is 29.1. The number of aryl methyl sites for hydroxylation is 1. The normalized spacial score (nSPS) is 15.7. The van der Waals surface area contributed by atoms with Crippen molar-refractivity contribution in [3.05, 3.63) is 22.1 Å². The Labute approximate surface area is 100 Å². The molecule has 1 amide bonds. The number of carbonyl (C=O) groups excluding carboxylic acids is 1. The van der Waals surface area contributed by atoms with Crippen LogP contribution < -0.4 is 11.0 Å². The summed E-state index contributed by atoms with van der Waals surface area (Å²) in [5, 5.41) is 1.21. The molecule has 0 aliphatic carbocycles. The van der Waals surface area contributed by atoms with Crippen molar-refractivity contribution >= 4 is 40.2 Å². The van der Waals surface area contributed by atoms with Gasteiger partial charge in [-0.2, -0.15) is 0 Å². The molecule has 6 nitrogen and oxygen atoms in total. The number of aromatic amines is 1. The topological polar surface area (TPSA) is 78.1 Å². The highest BCUT2D eigenvalue weighted by Gasteiger charge is 2.27. The zero-order chi connectivity index (χ0) is 11.7. The van der Waals surface area contributed by atoms with Crippen LogP contribution in [-0.2, 0) is 4.79 Å². The second-order valence-corrected chi connectivity index (χ2v) is 4.74. The molecule has 2 rings (SSSR count). The van der Waals surface area contributed by atoms with Gasteiger partial charge in [-0.15, -0.1) is 0 Å². The summed E-state index contributed by atoms with van der Waals surface area (Å²) in [7, 11) is 0. The molecule has 8 heteroatoms. The number of thioether (sulfide) groups is 1. The molecule has 84 valence electrons. The molecular formula is C8H8N4O2S2. The van der Waals surface area contributed by atoms with E-state index in [1.807, 2.05) is 0 Å². The van der Waals surface area contributed by atoms with Crippen LogP contribution in [0, 0.1) is 6.92 Å². The third-order valence-electron chi connectivity index (χ3n) is 1.84. The number of hydrazine groups is 1. The average molecular weight is 256 g/mol. The highest BCUT2D eigenvalue weighted by molar-refractivity contribution is 8.23. The van der Waals surface area contributed by atoms with Crippen LogP contribution in [0.25, 0.3) is 0 Å². The molecule has 1 saturated heterocycles. The molecule has 2 heterocycles. The molecule has 16 heavy (non-hydrogen) atoms. The number of carbonyl (C=O) groups is 1. The fourth-order valence-electron chi connectivity index (χ4n) is 1.20. The van der Waals surface area contributed by atoms with Gasteiger partial charge in [-0.3, -0.25) is 20.0 Å². The first kappa shape index (κ1) is 11.1. The monoisotopic (exact) mass is 256 g/mol. The van der Waals surface area contributed by atoms with Crippen LogP contribution in [0.4, 0.5) is 5.95 Å². The molecule has 1 fully saturated rings. The van der Waals surface area contributed by atoms with E-state index in [4.69, 9.17) is 12.2 Å². The number of H-pyrrole nitrogens is 1. The van der Waals surface area contributed by atoms with E-state index >= 15 is 0 Å². The zero-order valence-corrected chi connectivity index (χ0v) is 9.94. The lowest BCUT2D eigenvalue weighted by molar-refractivity contribution is -0.123. The maximum Gasteiger partial charge on any atom is 0.257 e. The minimum atomic E-state index is -0.278. The van der Waals surface area contributed by atoms with Crippen molar-refractivity contribution in [3.8, 4) is 0 Å². The number of nitrogens with zero attached hydrogens (tertiary/aromatic N) is 2. The Hall–Kier alpha value is -1.41. The molecule has 1 aliphatic heterocycles. The Kier molecular flexibility index (Phi) is 2.92. The van der Waals surface area contributed by atoms with Crippen LogP contribution in [0.5, 0.6) is 0 Å². The van der Waals surface area contributed by atoms with Crippen LogP contribution in [0.2, 0.25) is 0 Å². The molecule has 2 N–H and O–H groups in total. The van der Waals surface area contributed by atoms with Crippen LogP contribution >= 0.6 is 24.0 Å². The average Bonchev–Trinajstić information content (AvgIpc) is 2.48. The molecule has 0 bridgehead atoms. The number of anilines is 1. The molecule has 1 aliphatic rings. The predicted octanol–water partition coefficient (Wildman–Crippen LogP) is 0.266. The van der Waals surface area contributed by atoms with Gasteiger partial charge < -0.3 is 0 Å². The summed E-state index contributed by atoms with van der Waals surface area (Å²) < 4.78 is 0.425. The highest BCUT2D eigenvalue weighted by Crippen LogP contribution is 2.18. The SMILES string of the molecule is Cc1cc(=O)[nH]c(NN2C(=O)CSC2=S)n1. The highest BCUT2D eigenvalue weighted by atomic mass is 32.2. The van der Waals surface area contributed by atoms with Crippen molar-refractivity contribution in [2.45, 2.75) is 6.92 Å². The van der Waals surface area contributed by atoms with E-state index in [0.29, 0.717) is 15.8 Å². The van der Waals surface area contributed by atoms with Crippen molar-refractivity contribution in [1.82, 2.24) is 15.0 Å². The number of thiocarbonyl (C=S) groups is 1. The maximum absolute atomic E-state index is 11.4. The fourth-order valence-corrected chi connectivity index (χ4v) is 2.18. The second kappa shape index (κ2) is 4.22. The van der Waals surface area contributed by atoms with Gasteiger partial charge in [-0.1, -0.05) is 24.0 Å². The van der Waals surface area contributed by atoms with Gasteiger partial charge in [0, 0.05) is 11.8 Å². The minimum Gasteiger partial charge on any atom is -0.291 e. The summed E-state index contributed by atoms with van der Waals surface area (Å²) in [6, 6.07) is 1.37. The Morgan fingerprint density at radius 3 is 2.94 bits per heavy atom. The quantitative estimate of drug-likeness (QED) is 0.739. The first-order chi connectivity index (χ1) is 7.56. The third-order valence-corrected chi connectivity index (χ3v) is 3.20. The van der Waals surface area contributed by atoms with Gasteiger partial charge in [0.25, 0.3) is 11.5 Å². The van der Waals surface area contributed by atoms with Crippen LogP contribution in [0.15, 0.2) is 10.9 Å². The van der Waals surface area contributed by atoms with Crippen molar-refractivity contribution in [2.24, 2.45) is 0 Å². The molecule has 0 aromatic carbocycles. The van der Waals surface area contributed by atoms with Crippen molar-refractivity contribution in [2.75, 3.05) is 11.2 Å². The number of hydrogen-bond donors (Lipinski definition) is 2. The van der Waals surface area contributed by atoms with Crippen LogP contribution in [0.3, 0.4) is 0 Å². The van der Waals surface area contributed by atoms with E-state index < -0.39 is 0 Å². The smallest absolute Gasteiger partial charge is 0.257 e. The van der Waals surface area contributed by atoms with E-state index in [1.54, 1.807) is 6.92 Å². The lowest BCUT2D eigenvalue weighted by Gasteiger charge is -2.15. The molecule has 0 spiro atoms. The van der Waals surface area contributed by atoms with Gasteiger partial charge in [-0.05, 0) is 6.92 Å². The summed E-state index contributed by atoms with van der Waals surface area (Å²) in [5.74, 6) is 0.365. The lowest BCUT2D eigenvalue weighted by atomic mass is 10.4. The van der Waals surface area contributed by atoms with E-state index in [-0.39, 0.29) is 17.4 Å². The van der Waals surface area contributed by atoms with E-state index in [0.717, 1.165) is 0 Å². The Bertz CT molecular complexity index is 497. The van der Waals surface area contributed by atoms with Crippen molar-refractivity contribution in [1.29, 1.82) is 0 Å². The Morgan fingerprint density at radius 1 is 1.62 bits per heavy atom. The first-order valence-electron chi connectivity index (χ1n) is 4.40. The second-order valence-electron chi connectivity index (χ2n) is 3.13. The molecule has 1 aromatic rings. The summed E-state index contributed by atoms with van der Waals surface area (Å²) >= 11 is 6.23. The molecule has 0 atom stereocenters. The number of amides is 1. The lowest BCUT2D eigenvalue weighted by Crippen LogP contribution is -2.35. The molecule has 0 unspecified atom stereocenters. The van der Waals surface area contributed by atoms with Crippen LogP contribution in [-0.4, -0.2) is 31.0 Å². The van der Waals surface area contributed by atoms with Crippen LogP contribution in [0.1, 0.15) is 5.69 Å². The Balaban J connectivity index is 2.23. The number of rotatable bonds is 2. The van der Waals surface area contributed by atoms with E-state index in [9.17, 15) is 9.59 Å². The first-order valence-corrected chi connectivity index (χ1v) is 5.80. The van der Waals surface area contributed by atoms with Gasteiger partial charge in [-0.25, -0.2) is 9.99 Å². The van der Waals surface area contributed by atoms with Crippen molar-refractivity contribution < 1.29 is 4.79 Å². The summed E-state index contributed by atoms with van der Waals surface area (Å²) in [5.41, 5.74) is 2.97. The van der Waals surface area contributed by atoms with Gasteiger partial charge in [0.2, 0.25) is 5.95 Å². The van der Waals surface area contributed by atoms with Crippen molar-refractivity contribution in [3.63, 3.8) is 0 Å². The molecule has 1 aromatic heterocycles. The van der Waals surface area contributed by atoms with Gasteiger partial charge in [0.15, 0.2) is 4.32 Å². The predicted molar refractivity (Wildman–Crippen MR) is 65.1 cm³/mol.